The predicted octanol–water partition coefficient (Wildman–Crippen LogP) is 1.20. The smallest absolute Gasteiger partial charge is 0.225 e. The molecule has 2 fully saturated rings. The van der Waals surface area contributed by atoms with Crippen molar-refractivity contribution in [3.8, 4) is 0 Å². The van der Waals surface area contributed by atoms with Gasteiger partial charge < -0.3 is 9.80 Å². The van der Waals surface area contributed by atoms with E-state index in [-0.39, 0.29) is 5.92 Å². The highest BCUT2D eigenvalue weighted by Crippen LogP contribution is 2.29. The van der Waals surface area contributed by atoms with E-state index in [0.29, 0.717) is 5.91 Å². The zero-order valence-corrected chi connectivity index (χ0v) is 13.5. The topological polar surface area (TPSA) is 67.2 Å². The third kappa shape index (κ3) is 2.54. The zero-order chi connectivity index (χ0) is 15.8. The van der Waals surface area contributed by atoms with Crippen molar-refractivity contribution in [2.24, 2.45) is 13.0 Å². The Bertz CT molecular complexity index is 722. The minimum absolute atomic E-state index is 0.283. The number of aromatic nitrogens is 4. The van der Waals surface area contributed by atoms with Gasteiger partial charge in [0.2, 0.25) is 5.91 Å². The Kier molecular flexibility index (Phi) is 3.63. The monoisotopic (exact) mass is 314 g/mol. The van der Waals surface area contributed by atoms with Gasteiger partial charge >= 0.3 is 0 Å². The lowest BCUT2D eigenvalue weighted by Crippen LogP contribution is -2.41. The van der Waals surface area contributed by atoms with Crippen LogP contribution in [0.3, 0.4) is 0 Å². The quantitative estimate of drug-likeness (QED) is 0.833. The molecular weight excluding hydrogens is 292 g/mol. The lowest BCUT2D eigenvalue weighted by atomic mass is 9.84. The van der Waals surface area contributed by atoms with Crippen molar-refractivity contribution < 1.29 is 4.79 Å². The van der Waals surface area contributed by atoms with Crippen molar-refractivity contribution in [3.63, 3.8) is 0 Å². The number of fused-ring (bicyclic) bond motifs is 1. The van der Waals surface area contributed by atoms with E-state index in [1.807, 2.05) is 18.1 Å². The van der Waals surface area contributed by atoms with Crippen LogP contribution >= 0.6 is 0 Å². The first-order valence-corrected chi connectivity index (χ1v) is 8.40. The number of nitrogens with zero attached hydrogens (tertiary/aromatic N) is 6. The molecule has 2 aliphatic rings. The predicted molar refractivity (Wildman–Crippen MR) is 87.1 cm³/mol. The Labute approximate surface area is 135 Å². The lowest BCUT2D eigenvalue weighted by molar-refractivity contribution is -0.137. The van der Waals surface area contributed by atoms with E-state index in [2.05, 4.69) is 20.0 Å². The van der Waals surface area contributed by atoms with Crippen LogP contribution < -0.4 is 4.90 Å². The molecule has 23 heavy (non-hydrogen) atoms. The van der Waals surface area contributed by atoms with E-state index in [9.17, 15) is 4.79 Å². The summed E-state index contributed by atoms with van der Waals surface area (Å²) in [6.07, 6.45) is 7.75. The van der Waals surface area contributed by atoms with E-state index in [4.69, 9.17) is 0 Å². The molecule has 0 atom stereocenters. The van der Waals surface area contributed by atoms with Crippen LogP contribution in [0.2, 0.25) is 0 Å². The number of hydrogen-bond donors (Lipinski definition) is 0. The zero-order valence-electron chi connectivity index (χ0n) is 13.5. The Morgan fingerprint density at radius 2 is 2.00 bits per heavy atom. The van der Waals surface area contributed by atoms with Crippen LogP contribution in [0.1, 0.15) is 25.7 Å². The van der Waals surface area contributed by atoms with Gasteiger partial charge in [0.05, 0.1) is 11.6 Å². The molecule has 7 heteroatoms. The first-order valence-electron chi connectivity index (χ1n) is 8.40. The summed E-state index contributed by atoms with van der Waals surface area (Å²) in [7, 11) is 1.89. The number of anilines is 1. The molecule has 4 rings (SSSR count). The SMILES string of the molecule is Cn1ncc2c(N3CCCN(C(=O)C4CCC4)CC3)ncnc21. The highest BCUT2D eigenvalue weighted by Gasteiger charge is 2.30. The normalized spacial score (nSPS) is 19.7. The van der Waals surface area contributed by atoms with Gasteiger partial charge in [-0.05, 0) is 19.3 Å². The third-order valence-electron chi connectivity index (χ3n) is 5.07. The molecule has 3 heterocycles. The molecule has 0 N–H and O–H groups in total. The van der Waals surface area contributed by atoms with Crippen LogP contribution in [-0.2, 0) is 11.8 Å². The Morgan fingerprint density at radius 1 is 1.13 bits per heavy atom. The molecule has 0 aromatic carbocycles. The summed E-state index contributed by atoms with van der Waals surface area (Å²) in [6.45, 7) is 3.36. The largest absolute Gasteiger partial charge is 0.354 e. The molecule has 1 saturated heterocycles. The van der Waals surface area contributed by atoms with Gasteiger partial charge in [0, 0.05) is 39.1 Å². The van der Waals surface area contributed by atoms with Crippen molar-refractivity contribution in [2.75, 3.05) is 31.1 Å². The van der Waals surface area contributed by atoms with Gasteiger partial charge in [-0.3, -0.25) is 9.48 Å². The van der Waals surface area contributed by atoms with E-state index >= 15 is 0 Å². The third-order valence-corrected chi connectivity index (χ3v) is 5.07. The fraction of sp³-hybridized carbons (Fsp3) is 0.625. The van der Waals surface area contributed by atoms with E-state index in [1.54, 1.807) is 11.0 Å². The number of carbonyl (C=O) groups excluding carboxylic acids is 1. The van der Waals surface area contributed by atoms with Crippen molar-refractivity contribution in [2.45, 2.75) is 25.7 Å². The molecule has 1 amide bonds. The lowest BCUT2D eigenvalue weighted by Gasteiger charge is -2.31. The van der Waals surface area contributed by atoms with Crippen molar-refractivity contribution in [1.82, 2.24) is 24.6 Å². The highest BCUT2D eigenvalue weighted by molar-refractivity contribution is 5.86. The summed E-state index contributed by atoms with van der Waals surface area (Å²) in [6, 6.07) is 0. The maximum absolute atomic E-state index is 12.5. The fourth-order valence-electron chi connectivity index (χ4n) is 3.46. The van der Waals surface area contributed by atoms with Crippen LogP contribution in [0, 0.1) is 5.92 Å². The molecule has 122 valence electrons. The van der Waals surface area contributed by atoms with Crippen molar-refractivity contribution in [3.05, 3.63) is 12.5 Å². The van der Waals surface area contributed by atoms with Crippen LogP contribution in [-0.4, -0.2) is 56.7 Å². The molecule has 1 aliphatic heterocycles. The van der Waals surface area contributed by atoms with Gasteiger partial charge in [0.25, 0.3) is 0 Å². The van der Waals surface area contributed by atoms with Crippen LogP contribution in [0.25, 0.3) is 11.0 Å². The minimum atomic E-state index is 0.283. The van der Waals surface area contributed by atoms with Gasteiger partial charge in [-0.15, -0.1) is 0 Å². The summed E-state index contributed by atoms with van der Waals surface area (Å²) in [5.41, 5.74) is 0.849. The number of rotatable bonds is 2. The van der Waals surface area contributed by atoms with Crippen LogP contribution in [0.15, 0.2) is 12.5 Å². The van der Waals surface area contributed by atoms with Crippen molar-refractivity contribution in [1.29, 1.82) is 0 Å². The van der Waals surface area contributed by atoms with Crippen LogP contribution in [0.4, 0.5) is 5.82 Å². The van der Waals surface area contributed by atoms with E-state index in [1.165, 1.54) is 6.42 Å². The Morgan fingerprint density at radius 3 is 2.78 bits per heavy atom. The van der Waals surface area contributed by atoms with Crippen molar-refractivity contribution >= 4 is 22.8 Å². The van der Waals surface area contributed by atoms with Crippen LogP contribution in [0.5, 0.6) is 0 Å². The standard InChI is InChI=1S/C16H22N6O/c1-20-14-13(10-19-20)15(18-11-17-14)21-6-3-7-22(9-8-21)16(23)12-4-2-5-12/h10-12H,2-9H2,1H3. The Hall–Kier alpha value is -2.18. The molecule has 0 spiro atoms. The summed E-state index contributed by atoms with van der Waals surface area (Å²) >= 11 is 0. The first-order chi connectivity index (χ1) is 11.2. The fourth-order valence-corrected chi connectivity index (χ4v) is 3.46. The van der Waals surface area contributed by atoms with Gasteiger partial charge in [-0.25, -0.2) is 9.97 Å². The molecule has 2 aromatic rings. The number of carbonyl (C=O) groups is 1. The second-order valence-corrected chi connectivity index (χ2v) is 6.50. The molecule has 1 aliphatic carbocycles. The summed E-state index contributed by atoms with van der Waals surface area (Å²) in [5, 5.41) is 5.26. The Balaban J connectivity index is 1.52. The highest BCUT2D eigenvalue weighted by atomic mass is 16.2. The van der Waals surface area contributed by atoms with Gasteiger partial charge in [-0.2, -0.15) is 5.10 Å². The average Bonchev–Trinajstić information content (AvgIpc) is 2.73. The molecule has 0 unspecified atom stereocenters. The minimum Gasteiger partial charge on any atom is -0.354 e. The molecule has 2 aromatic heterocycles. The van der Waals surface area contributed by atoms with E-state index in [0.717, 1.165) is 62.3 Å². The second-order valence-electron chi connectivity index (χ2n) is 6.50. The first kappa shape index (κ1) is 14.4. The maximum atomic E-state index is 12.5. The summed E-state index contributed by atoms with van der Waals surface area (Å²) in [5.74, 6) is 1.57. The maximum Gasteiger partial charge on any atom is 0.225 e. The number of hydrogen-bond acceptors (Lipinski definition) is 5. The van der Waals surface area contributed by atoms with E-state index < -0.39 is 0 Å². The van der Waals surface area contributed by atoms with Gasteiger partial charge in [0.1, 0.15) is 12.1 Å². The molecular formula is C16H22N6O. The molecule has 0 bridgehead atoms. The molecule has 1 saturated carbocycles. The second kappa shape index (κ2) is 5.79. The number of aryl methyl sites for hydroxylation is 1. The average molecular weight is 314 g/mol. The summed E-state index contributed by atoms with van der Waals surface area (Å²) < 4.78 is 1.77. The number of amides is 1. The van der Waals surface area contributed by atoms with Gasteiger partial charge in [0.15, 0.2) is 5.65 Å². The summed E-state index contributed by atoms with van der Waals surface area (Å²) in [4.78, 5) is 25.6. The van der Waals surface area contributed by atoms with Gasteiger partial charge in [-0.1, -0.05) is 6.42 Å². The molecule has 0 radical (unpaired) electrons. The molecule has 7 nitrogen and oxygen atoms in total.